The number of ether oxygens (including phenoxy) is 2. The second-order valence-corrected chi connectivity index (χ2v) is 8.79. The van der Waals surface area contributed by atoms with Crippen molar-refractivity contribution in [2.75, 3.05) is 24.6 Å². The zero-order valence-corrected chi connectivity index (χ0v) is 18.6. The van der Waals surface area contributed by atoms with Crippen molar-refractivity contribution in [1.29, 1.82) is 0 Å². The fraction of sp³-hybridized carbons (Fsp3) is 0.478. The lowest BCUT2D eigenvalue weighted by molar-refractivity contribution is -0.166. The number of hydrogen-bond acceptors (Lipinski definition) is 6. The van der Waals surface area contributed by atoms with E-state index in [0.29, 0.717) is 37.4 Å². The second-order valence-electron chi connectivity index (χ2n) is 8.39. The predicted octanol–water partition coefficient (Wildman–Crippen LogP) is 4.68. The van der Waals surface area contributed by atoms with E-state index in [1.807, 2.05) is 45.9 Å². The number of aromatic hydroxyl groups is 1. The summed E-state index contributed by atoms with van der Waals surface area (Å²) in [5.41, 5.74) is 0.684. The molecule has 7 heteroatoms. The molecular weight excluding hydrogens is 404 g/mol. The van der Waals surface area contributed by atoms with Crippen molar-refractivity contribution >= 4 is 23.4 Å². The number of para-hydroxylation sites is 1. The van der Waals surface area contributed by atoms with Gasteiger partial charge < -0.3 is 19.5 Å². The number of nitrogens with zero attached hydrogens (tertiary/aromatic N) is 2. The summed E-state index contributed by atoms with van der Waals surface area (Å²) in [5.74, 6) is 0.255. The summed E-state index contributed by atoms with van der Waals surface area (Å²) in [6.45, 7) is 9.25. The van der Waals surface area contributed by atoms with Crippen molar-refractivity contribution in [3.63, 3.8) is 0 Å². The number of halogens is 1. The van der Waals surface area contributed by atoms with Gasteiger partial charge in [0.25, 0.3) is 0 Å². The van der Waals surface area contributed by atoms with Crippen LogP contribution in [0.1, 0.15) is 34.1 Å². The van der Waals surface area contributed by atoms with Crippen LogP contribution in [0.25, 0.3) is 11.3 Å². The number of pyridine rings is 1. The largest absolute Gasteiger partial charge is 0.506 e. The summed E-state index contributed by atoms with van der Waals surface area (Å²) in [6.07, 6.45) is 0.345. The summed E-state index contributed by atoms with van der Waals surface area (Å²) in [7, 11) is 0. The Hall–Kier alpha value is -2.31. The average Bonchev–Trinajstić information content (AvgIpc) is 2.69. The van der Waals surface area contributed by atoms with Crippen LogP contribution in [0.5, 0.6) is 5.75 Å². The van der Waals surface area contributed by atoms with Crippen LogP contribution in [0.15, 0.2) is 36.4 Å². The Morgan fingerprint density at radius 2 is 2.00 bits per heavy atom. The minimum absolute atomic E-state index is 0.0136. The first-order valence-corrected chi connectivity index (χ1v) is 10.6. The smallest absolute Gasteiger partial charge is 0.312 e. The molecule has 0 radical (unpaired) electrons. The molecule has 1 saturated heterocycles. The van der Waals surface area contributed by atoms with Gasteiger partial charge in [-0.2, -0.15) is 0 Å². The Labute approximate surface area is 182 Å². The molecule has 3 rings (SSSR count). The van der Waals surface area contributed by atoms with Crippen LogP contribution in [0.2, 0.25) is 5.02 Å². The molecule has 2 heterocycles. The molecule has 162 valence electrons. The van der Waals surface area contributed by atoms with Gasteiger partial charge in [-0.05, 0) is 58.4 Å². The van der Waals surface area contributed by atoms with E-state index in [9.17, 15) is 9.90 Å². The second kappa shape index (κ2) is 9.23. The van der Waals surface area contributed by atoms with Crippen molar-refractivity contribution in [2.45, 2.75) is 45.8 Å². The highest BCUT2D eigenvalue weighted by molar-refractivity contribution is 6.32. The number of hydrogen-bond donors (Lipinski definition) is 1. The van der Waals surface area contributed by atoms with Crippen LogP contribution in [0.4, 0.5) is 5.82 Å². The van der Waals surface area contributed by atoms with E-state index in [1.165, 1.54) is 0 Å². The van der Waals surface area contributed by atoms with Gasteiger partial charge in [-0.3, -0.25) is 4.79 Å². The number of carbonyl (C=O) groups is 1. The topological polar surface area (TPSA) is 71.9 Å². The van der Waals surface area contributed by atoms with E-state index in [-0.39, 0.29) is 28.8 Å². The normalized spacial score (nSPS) is 19.6. The molecule has 0 aliphatic carbocycles. The lowest BCUT2D eigenvalue weighted by Crippen LogP contribution is -2.49. The summed E-state index contributed by atoms with van der Waals surface area (Å²) in [6, 6.07) is 10.9. The van der Waals surface area contributed by atoms with Crippen molar-refractivity contribution in [3.8, 4) is 17.0 Å². The Morgan fingerprint density at radius 3 is 2.70 bits per heavy atom. The van der Waals surface area contributed by atoms with Gasteiger partial charge in [-0.1, -0.05) is 23.7 Å². The van der Waals surface area contributed by atoms with Gasteiger partial charge >= 0.3 is 5.97 Å². The van der Waals surface area contributed by atoms with Gasteiger partial charge in [-0.15, -0.1) is 0 Å². The van der Waals surface area contributed by atoms with Crippen LogP contribution in [0.3, 0.4) is 0 Å². The van der Waals surface area contributed by atoms with E-state index in [2.05, 4.69) is 4.90 Å². The summed E-state index contributed by atoms with van der Waals surface area (Å²) < 4.78 is 11.5. The van der Waals surface area contributed by atoms with Crippen LogP contribution in [-0.2, 0) is 14.3 Å². The van der Waals surface area contributed by atoms with E-state index in [0.717, 1.165) is 5.82 Å². The molecule has 0 bridgehead atoms. The maximum Gasteiger partial charge on any atom is 0.312 e. The standard InChI is InChI=1S/C23H29ClN2O4/c1-5-29-19-14-26(13-12-16(19)22(28)30-23(2,3)4)20-11-7-10-18(25-20)15-8-6-9-17(24)21(15)27/h6-11,16,19,27H,5,12-14H2,1-4H3/t16-,19+/m0/s1. The highest BCUT2D eigenvalue weighted by atomic mass is 35.5. The molecule has 1 aromatic heterocycles. The van der Waals surface area contributed by atoms with E-state index in [1.54, 1.807) is 18.2 Å². The lowest BCUT2D eigenvalue weighted by atomic mass is 9.93. The Balaban J connectivity index is 1.81. The van der Waals surface area contributed by atoms with Crippen molar-refractivity contribution in [3.05, 3.63) is 41.4 Å². The van der Waals surface area contributed by atoms with E-state index in [4.69, 9.17) is 26.1 Å². The van der Waals surface area contributed by atoms with Crippen LogP contribution in [0, 0.1) is 5.92 Å². The first-order valence-electron chi connectivity index (χ1n) is 10.2. The van der Waals surface area contributed by atoms with Crippen LogP contribution < -0.4 is 4.90 Å². The van der Waals surface area contributed by atoms with Gasteiger partial charge in [-0.25, -0.2) is 4.98 Å². The molecular formula is C23H29ClN2O4. The monoisotopic (exact) mass is 432 g/mol. The minimum atomic E-state index is -0.528. The highest BCUT2D eigenvalue weighted by Crippen LogP contribution is 2.35. The lowest BCUT2D eigenvalue weighted by Gasteiger charge is -2.38. The van der Waals surface area contributed by atoms with Gasteiger partial charge in [0.1, 0.15) is 17.2 Å². The van der Waals surface area contributed by atoms with Crippen molar-refractivity contribution in [2.24, 2.45) is 5.92 Å². The van der Waals surface area contributed by atoms with Gasteiger partial charge in [0.05, 0.1) is 22.7 Å². The first kappa shape index (κ1) is 22.4. The maximum absolute atomic E-state index is 12.7. The van der Waals surface area contributed by atoms with Crippen LogP contribution >= 0.6 is 11.6 Å². The number of phenols is 1. The minimum Gasteiger partial charge on any atom is -0.506 e. The SMILES string of the molecule is CCO[C@@H]1CN(c2cccc(-c3cccc(Cl)c3O)n2)CC[C@@H]1C(=O)OC(C)(C)C. The number of piperidine rings is 1. The average molecular weight is 433 g/mol. The molecule has 6 nitrogen and oxygen atoms in total. The van der Waals surface area contributed by atoms with Gasteiger partial charge in [0.2, 0.25) is 0 Å². The quantitative estimate of drug-likeness (QED) is 0.691. The Morgan fingerprint density at radius 1 is 1.27 bits per heavy atom. The van der Waals surface area contributed by atoms with Crippen molar-refractivity contribution in [1.82, 2.24) is 4.98 Å². The zero-order valence-electron chi connectivity index (χ0n) is 17.9. The number of benzene rings is 1. The molecule has 2 aromatic rings. The summed E-state index contributed by atoms with van der Waals surface area (Å²) in [4.78, 5) is 19.5. The number of carbonyl (C=O) groups excluding carboxylic acids is 1. The molecule has 1 aliphatic rings. The fourth-order valence-corrected chi connectivity index (χ4v) is 3.80. The van der Waals surface area contributed by atoms with Crippen molar-refractivity contribution < 1.29 is 19.4 Å². The fourth-order valence-electron chi connectivity index (χ4n) is 3.63. The van der Waals surface area contributed by atoms with Gasteiger partial charge in [0.15, 0.2) is 0 Å². The highest BCUT2D eigenvalue weighted by Gasteiger charge is 2.37. The summed E-state index contributed by atoms with van der Waals surface area (Å²) >= 11 is 6.05. The Kier molecular flexibility index (Phi) is 6.88. The van der Waals surface area contributed by atoms with Gasteiger partial charge in [0, 0.05) is 25.3 Å². The first-order chi connectivity index (χ1) is 14.2. The Bertz CT molecular complexity index is 897. The molecule has 1 N–H and O–H groups in total. The third-order valence-corrected chi connectivity index (χ3v) is 5.28. The maximum atomic E-state index is 12.7. The number of esters is 1. The molecule has 1 aliphatic heterocycles. The van der Waals surface area contributed by atoms with E-state index < -0.39 is 5.60 Å². The van der Waals surface area contributed by atoms with E-state index >= 15 is 0 Å². The third-order valence-electron chi connectivity index (χ3n) is 4.97. The number of anilines is 1. The molecule has 2 atom stereocenters. The molecule has 30 heavy (non-hydrogen) atoms. The molecule has 0 spiro atoms. The number of phenolic OH excluding ortho intramolecular Hbond substituents is 1. The zero-order chi connectivity index (χ0) is 21.9. The predicted molar refractivity (Wildman–Crippen MR) is 118 cm³/mol. The number of rotatable bonds is 5. The summed E-state index contributed by atoms with van der Waals surface area (Å²) in [5, 5.41) is 10.6. The van der Waals surface area contributed by atoms with Crippen LogP contribution in [-0.4, -0.2) is 47.5 Å². The molecule has 1 fully saturated rings. The molecule has 0 amide bonds. The molecule has 0 unspecified atom stereocenters. The number of aromatic nitrogens is 1. The third kappa shape index (κ3) is 5.24. The molecule has 1 aromatic carbocycles. The molecule has 0 saturated carbocycles.